The second kappa shape index (κ2) is 10.8. The number of amides is 2. The standard InChI is InChI=1S/C34H36N4O2/c1-22-5-4-6-23(2)32(22)33(39)36-31-12-10-24-7-8-26(20-30(24)31)34(40)37(3)28-14-17-38(18-15-28)29-11-9-27-21-35-16-13-25(27)19-29/h4-9,11,13,16,19-21,28,31H,10,12,14-15,17-18H2,1-3H3,(H,36,39). The van der Waals surface area contributed by atoms with Crippen LogP contribution in [0.2, 0.25) is 0 Å². The molecule has 1 atom stereocenters. The molecule has 4 aromatic rings. The number of aromatic nitrogens is 1. The fourth-order valence-corrected chi connectivity index (χ4v) is 6.44. The highest BCUT2D eigenvalue weighted by Crippen LogP contribution is 2.33. The second-order valence-electron chi connectivity index (χ2n) is 11.3. The van der Waals surface area contributed by atoms with Gasteiger partial charge in [0.05, 0.1) is 6.04 Å². The molecule has 1 aliphatic heterocycles. The Morgan fingerprint density at radius 3 is 2.48 bits per heavy atom. The molecule has 1 N–H and O–H groups in total. The van der Waals surface area contributed by atoms with Crippen LogP contribution in [0.1, 0.15) is 68.3 Å². The van der Waals surface area contributed by atoms with Gasteiger partial charge in [0.15, 0.2) is 0 Å². The summed E-state index contributed by atoms with van der Waals surface area (Å²) >= 11 is 0. The number of hydrogen-bond donors (Lipinski definition) is 1. The first kappa shape index (κ1) is 26.1. The Morgan fingerprint density at radius 1 is 0.925 bits per heavy atom. The van der Waals surface area contributed by atoms with Crippen LogP contribution in [0.5, 0.6) is 0 Å². The van der Waals surface area contributed by atoms with Crippen LogP contribution in [0.15, 0.2) is 73.1 Å². The molecule has 0 spiro atoms. The lowest BCUT2D eigenvalue weighted by molar-refractivity contribution is 0.0709. The molecule has 6 nitrogen and oxygen atoms in total. The summed E-state index contributed by atoms with van der Waals surface area (Å²) < 4.78 is 0. The maximum absolute atomic E-state index is 13.6. The van der Waals surface area contributed by atoms with Gasteiger partial charge in [0.1, 0.15) is 0 Å². The van der Waals surface area contributed by atoms with E-state index in [0.717, 1.165) is 66.4 Å². The Labute approximate surface area is 236 Å². The number of rotatable bonds is 5. The summed E-state index contributed by atoms with van der Waals surface area (Å²) in [4.78, 5) is 35.3. The zero-order valence-electron chi connectivity index (χ0n) is 23.5. The van der Waals surface area contributed by atoms with Gasteiger partial charge in [-0.2, -0.15) is 0 Å². The molecule has 3 aromatic carbocycles. The molecular formula is C34H36N4O2. The molecule has 6 heteroatoms. The van der Waals surface area contributed by atoms with Crippen LogP contribution in [0.25, 0.3) is 10.8 Å². The van der Waals surface area contributed by atoms with Crippen molar-refractivity contribution < 1.29 is 9.59 Å². The average Bonchev–Trinajstić information content (AvgIpc) is 3.37. The van der Waals surface area contributed by atoms with E-state index in [1.807, 2.05) is 74.6 Å². The smallest absolute Gasteiger partial charge is 0.253 e. The monoisotopic (exact) mass is 532 g/mol. The molecule has 2 amide bonds. The molecule has 0 saturated carbocycles. The summed E-state index contributed by atoms with van der Waals surface area (Å²) in [7, 11) is 1.93. The van der Waals surface area contributed by atoms with Crippen LogP contribution in [0.3, 0.4) is 0 Å². The summed E-state index contributed by atoms with van der Waals surface area (Å²) in [5.74, 6) is 0.00307. The number of carbonyl (C=O) groups is 2. The van der Waals surface area contributed by atoms with Crippen LogP contribution in [0, 0.1) is 13.8 Å². The number of nitrogens with zero attached hydrogens (tertiary/aromatic N) is 3. The number of fused-ring (bicyclic) bond motifs is 2. The number of nitrogens with one attached hydrogen (secondary N) is 1. The first-order valence-corrected chi connectivity index (χ1v) is 14.2. The maximum atomic E-state index is 13.6. The number of hydrogen-bond acceptors (Lipinski definition) is 4. The number of piperidine rings is 1. The van der Waals surface area contributed by atoms with Crippen molar-refractivity contribution in [1.29, 1.82) is 0 Å². The number of anilines is 1. The van der Waals surface area contributed by atoms with Gasteiger partial charge >= 0.3 is 0 Å². The number of pyridine rings is 1. The molecule has 6 rings (SSSR count). The molecule has 1 aliphatic carbocycles. The van der Waals surface area contributed by atoms with Crippen molar-refractivity contribution >= 4 is 28.3 Å². The van der Waals surface area contributed by atoms with Gasteiger partial charge in [0, 0.05) is 60.8 Å². The molecule has 1 unspecified atom stereocenters. The van der Waals surface area contributed by atoms with E-state index >= 15 is 0 Å². The predicted octanol–water partition coefficient (Wildman–Crippen LogP) is 6.01. The SMILES string of the molecule is Cc1cccc(C)c1C(=O)NC1CCc2ccc(C(=O)N(C)C3CCN(c4ccc5cnccc5c4)CC3)cc21. The number of aryl methyl sites for hydroxylation is 3. The summed E-state index contributed by atoms with van der Waals surface area (Å²) in [5, 5.41) is 5.59. The zero-order chi connectivity index (χ0) is 27.8. The van der Waals surface area contributed by atoms with Crippen molar-refractivity contribution in [3.8, 4) is 0 Å². The van der Waals surface area contributed by atoms with E-state index in [1.165, 1.54) is 16.6 Å². The van der Waals surface area contributed by atoms with E-state index in [1.54, 1.807) is 0 Å². The lowest BCUT2D eigenvalue weighted by Gasteiger charge is -2.38. The first-order valence-electron chi connectivity index (χ1n) is 14.2. The Morgan fingerprint density at radius 2 is 1.70 bits per heavy atom. The van der Waals surface area contributed by atoms with Crippen molar-refractivity contribution in [3.63, 3.8) is 0 Å². The molecule has 1 aromatic heterocycles. The van der Waals surface area contributed by atoms with E-state index in [0.29, 0.717) is 5.56 Å². The first-order chi connectivity index (χ1) is 19.4. The van der Waals surface area contributed by atoms with Crippen LogP contribution in [-0.2, 0) is 6.42 Å². The maximum Gasteiger partial charge on any atom is 0.253 e. The van der Waals surface area contributed by atoms with Crippen molar-refractivity contribution in [3.05, 3.63) is 106 Å². The molecule has 204 valence electrons. The Kier molecular flexibility index (Phi) is 7.01. The van der Waals surface area contributed by atoms with Crippen LogP contribution < -0.4 is 10.2 Å². The quantitative estimate of drug-likeness (QED) is 0.342. The van der Waals surface area contributed by atoms with Gasteiger partial charge in [0.2, 0.25) is 0 Å². The molecule has 1 saturated heterocycles. The number of benzene rings is 3. The largest absolute Gasteiger partial charge is 0.371 e. The fourth-order valence-electron chi connectivity index (χ4n) is 6.44. The van der Waals surface area contributed by atoms with Gasteiger partial charge in [-0.1, -0.05) is 30.3 Å². The second-order valence-corrected chi connectivity index (χ2v) is 11.3. The third-order valence-corrected chi connectivity index (χ3v) is 8.81. The highest BCUT2D eigenvalue weighted by atomic mass is 16.2. The summed E-state index contributed by atoms with van der Waals surface area (Å²) in [6, 6.07) is 20.6. The van der Waals surface area contributed by atoms with E-state index in [-0.39, 0.29) is 23.9 Å². The summed E-state index contributed by atoms with van der Waals surface area (Å²) in [6.45, 7) is 5.77. The highest BCUT2D eigenvalue weighted by Gasteiger charge is 2.29. The van der Waals surface area contributed by atoms with E-state index in [9.17, 15) is 9.59 Å². The van der Waals surface area contributed by atoms with Gasteiger partial charge in [0.25, 0.3) is 11.8 Å². The van der Waals surface area contributed by atoms with E-state index in [4.69, 9.17) is 0 Å². The van der Waals surface area contributed by atoms with Gasteiger partial charge in [-0.25, -0.2) is 0 Å². The molecule has 2 aliphatic rings. The number of carbonyl (C=O) groups excluding carboxylic acids is 2. The van der Waals surface area contributed by atoms with Crippen molar-refractivity contribution in [2.24, 2.45) is 0 Å². The van der Waals surface area contributed by atoms with Crippen LogP contribution in [0.4, 0.5) is 5.69 Å². The Bertz CT molecular complexity index is 1570. The fraction of sp³-hybridized carbons (Fsp3) is 0.324. The third-order valence-electron chi connectivity index (χ3n) is 8.81. The predicted molar refractivity (Wildman–Crippen MR) is 160 cm³/mol. The summed E-state index contributed by atoms with van der Waals surface area (Å²) in [6.07, 6.45) is 7.34. The molecular weight excluding hydrogens is 496 g/mol. The Balaban J connectivity index is 1.12. The lowest BCUT2D eigenvalue weighted by atomic mass is 9.99. The van der Waals surface area contributed by atoms with E-state index < -0.39 is 0 Å². The minimum Gasteiger partial charge on any atom is -0.371 e. The normalized spacial score (nSPS) is 17.1. The van der Waals surface area contributed by atoms with Gasteiger partial charge in [-0.3, -0.25) is 14.6 Å². The molecule has 0 bridgehead atoms. The van der Waals surface area contributed by atoms with Crippen LogP contribution in [-0.4, -0.2) is 47.9 Å². The van der Waals surface area contributed by atoms with Gasteiger partial charge < -0.3 is 15.1 Å². The topological polar surface area (TPSA) is 65.5 Å². The lowest BCUT2D eigenvalue weighted by Crippen LogP contribution is -2.45. The van der Waals surface area contributed by atoms with Crippen molar-refractivity contribution in [1.82, 2.24) is 15.2 Å². The minimum atomic E-state index is -0.0828. The average molecular weight is 533 g/mol. The molecule has 2 heterocycles. The van der Waals surface area contributed by atoms with Gasteiger partial charge in [-0.15, -0.1) is 0 Å². The van der Waals surface area contributed by atoms with E-state index in [2.05, 4.69) is 39.5 Å². The zero-order valence-corrected chi connectivity index (χ0v) is 23.5. The summed E-state index contributed by atoms with van der Waals surface area (Å²) in [5.41, 5.74) is 6.90. The van der Waals surface area contributed by atoms with Crippen LogP contribution >= 0.6 is 0 Å². The molecule has 0 radical (unpaired) electrons. The molecule has 1 fully saturated rings. The Hall–Kier alpha value is -4.19. The third kappa shape index (κ3) is 4.94. The van der Waals surface area contributed by atoms with Crippen molar-refractivity contribution in [2.45, 2.75) is 51.6 Å². The van der Waals surface area contributed by atoms with Crippen molar-refractivity contribution in [2.75, 3.05) is 25.0 Å². The van der Waals surface area contributed by atoms with Gasteiger partial charge in [-0.05, 0) is 97.5 Å². The molecule has 40 heavy (non-hydrogen) atoms. The minimum absolute atomic E-state index is 0.0443. The highest BCUT2D eigenvalue weighted by molar-refractivity contribution is 5.98.